The first-order chi connectivity index (χ1) is 12.6. The van der Waals surface area contributed by atoms with Crippen molar-refractivity contribution in [3.8, 4) is 0 Å². The van der Waals surface area contributed by atoms with E-state index in [1.54, 1.807) is 0 Å². The van der Waals surface area contributed by atoms with Gasteiger partial charge >= 0.3 is 5.97 Å². The lowest BCUT2D eigenvalue weighted by molar-refractivity contribution is -0.393. The summed E-state index contributed by atoms with van der Waals surface area (Å²) in [6, 6.07) is 0. The molecule has 5 heteroatoms. The highest BCUT2D eigenvalue weighted by atomic mass is 17.3. The van der Waals surface area contributed by atoms with E-state index >= 15 is 0 Å². The molecule has 1 heterocycles. The van der Waals surface area contributed by atoms with Crippen molar-refractivity contribution in [3.05, 3.63) is 0 Å². The molecule has 6 fully saturated rings. The van der Waals surface area contributed by atoms with Crippen molar-refractivity contribution in [1.82, 2.24) is 0 Å². The predicted octanol–water partition coefficient (Wildman–Crippen LogP) is 4.35. The van der Waals surface area contributed by atoms with E-state index in [0.29, 0.717) is 24.9 Å². The molecule has 1 aliphatic heterocycles. The molecule has 0 aromatic rings. The normalized spacial score (nSPS) is 49.2. The van der Waals surface area contributed by atoms with Crippen molar-refractivity contribution in [1.29, 1.82) is 0 Å². The second-order valence-corrected chi connectivity index (χ2v) is 9.39. The largest absolute Gasteiger partial charge is 0.466 e. The highest BCUT2D eigenvalue weighted by molar-refractivity contribution is 5.69. The highest BCUT2D eigenvalue weighted by Gasteiger charge is 2.67. The van der Waals surface area contributed by atoms with Gasteiger partial charge in [0.15, 0.2) is 0 Å². The van der Waals surface area contributed by atoms with Gasteiger partial charge < -0.3 is 9.47 Å². The molecule has 5 nitrogen and oxygen atoms in total. The highest BCUT2D eigenvalue weighted by Crippen LogP contribution is 2.64. The minimum atomic E-state index is -0.639. The van der Waals surface area contributed by atoms with Crippen molar-refractivity contribution in [2.24, 2.45) is 29.6 Å². The smallest absolute Gasteiger partial charge is 0.305 e. The Labute approximate surface area is 156 Å². The minimum Gasteiger partial charge on any atom is -0.466 e. The Bertz CT molecular complexity index is 533. The molecule has 6 rings (SSSR count). The summed E-state index contributed by atoms with van der Waals surface area (Å²) in [4.78, 5) is 24.1. The standard InChI is InChI=1S/C21H32O5/c1-2-23-19(22)7-6-16-5-3-4-8-20(16)24-21(26-25-20)17-10-14-9-15(12-17)13-18(21)11-14/h14-18H,2-13H2,1H3. The molecule has 0 aromatic heterocycles. The monoisotopic (exact) mass is 364 g/mol. The van der Waals surface area contributed by atoms with E-state index in [1.807, 2.05) is 6.92 Å². The molecule has 0 aromatic carbocycles. The third kappa shape index (κ3) is 2.65. The number of hydrogen-bond donors (Lipinski definition) is 0. The Morgan fingerprint density at radius 2 is 1.77 bits per heavy atom. The van der Waals surface area contributed by atoms with Gasteiger partial charge in [0.25, 0.3) is 0 Å². The Balaban J connectivity index is 1.33. The third-order valence-corrected chi connectivity index (χ3v) is 7.87. The van der Waals surface area contributed by atoms with Gasteiger partial charge in [0.1, 0.15) is 0 Å². The van der Waals surface area contributed by atoms with E-state index < -0.39 is 11.6 Å². The van der Waals surface area contributed by atoms with E-state index in [2.05, 4.69) is 0 Å². The van der Waals surface area contributed by atoms with Crippen molar-refractivity contribution in [2.45, 2.75) is 89.1 Å². The van der Waals surface area contributed by atoms with Crippen LogP contribution in [0.4, 0.5) is 0 Å². The van der Waals surface area contributed by atoms with E-state index in [9.17, 15) is 4.79 Å². The van der Waals surface area contributed by atoms with Gasteiger partial charge in [-0.25, -0.2) is 0 Å². The lowest BCUT2D eigenvalue weighted by Gasteiger charge is -2.57. The Morgan fingerprint density at radius 1 is 1.04 bits per heavy atom. The molecule has 2 spiro atoms. The molecule has 2 atom stereocenters. The number of hydrogen-bond acceptors (Lipinski definition) is 5. The fourth-order valence-corrected chi connectivity index (χ4v) is 6.90. The van der Waals surface area contributed by atoms with Crippen LogP contribution in [0.1, 0.15) is 77.6 Å². The van der Waals surface area contributed by atoms with Crippen LogP contribution in [-0.2, 0) is 24.0 Å². The van der Waals surface area contributed by atoms with Crippen LogP contribution in [0.25, 0.3) is 0 Å². The molecule has 4 bridgehead atoms. The molecular formula is C21H32O5. The lowest BCUT2D eigenvalue weighted by Crippen LogP contribution is -2.59. The molecular weight excluding hydrogens is 332 g/mol. The second-order valence-electron chi connectivity index (χ2n) is 9.39. The van der Waals surface area contributed by atoms with Crippen LogP contribution < -0.4 is 0 Å². The first-order valence-corrected chi connectivity index (χ1v) is 10.9. The van der Waals surface area contributed by atoms with Crippen LogP contribution >= 0.6 is 0 Å². The minimum absolute atomic E-state index is 0.114. The molecule has 5 saturated carbocycles. The van der Waals surface area contributed by atoms with Crippen molar-refractivity contribution in [3.63, 3.8) is 0 Å². The topological polar surface area (TPSA) is 54.0 Å². The van der Waals surface area contributed by atoms with Gasteiger partial charge in [-0.1, -0.05) is 6.42 Å². The molecule has 1 saturated heterocycles. The summed E-state index contributed by atoms with van der Waals surface area (Å²) in [7, 11) is 0. The number of ether oxygens (including phenoxy) is 2. The van der Waals surface area contributed by atoms with Crippen molar-refractivity contribution < 1.29 is 24.0 Å². The second kappa shape index (κ2) is 6.46. The Kier molecular flexibility index (Phi) is 4.33. The van der Waals surface area contributed by atoms with Crippen molar-refractivity contribution >= 4 is 5.97 Å². The summed E-state index contributed by atoms with van der Waals surface area (Å²) in [5.74, 6) is 1.69. The fraction of sp³-hybridized carbons (Fsp3) is 0.952. The zero-order valence-electron chi connectivity index (χ0n) is 15.9. The fourth-order valence-electron chi connectivity index (χ4n) is 6.90. The summed E-state index contributed by atoms with van der Waals surface area (Å²) in [6.45, 7) is 2.30. The van der Waals surface area contributed by atoms with Crippen molar-refractivity contribution in [2.75, 3.05) is 6.61 Å². The molecule has 2 unspecified atom stereocenters. The molecule has 5 aliphatic carbocycles. The lowest BCUT2D eigenvalue weighted by atomic mass is 9.53. The van der Waals surface area contributed by atoms with Crippen LogP contribution in [0.15, 0.2) is 0 Å². The molecule has 6 aliphatic rings. The van der Waals surface area contributed by atoms with Crippen LogP contribution in [0.3, 0.4) is 0 Å². The summed E-state index contributed by atoms with van der Waals surface area (Å²) >= 11 is 0. The molecule has 0 radical (unpaired) electrons. The molecule has 146 valence electrons. The zero-order valence-corrected chi connectivity index (χ0v) is 15.9. The third-order valence-electron chi connectivity index (χ3n) is 7.87. The average molecular weight is 364 g/mol. The maximum absolute atomic E-state index is 11.8. The number of rotatable bonds is 4. The Morgan fingerprint density at radius 3 is 2.46 bits per heavy atom. The molecule has 0 amide bonds. The molecule has 26 heavy (non-hydrogen) atoms. The summed E-state index contributed by atoms with van der Waals surface area (Å²) in [5, 5.41) is 0. The van der Waals surface area contributed by atoms with Gasteiger partial charge in [-0.2, -0.15) is 9.78 Å². The predicted molar refractivity (Wildman–Crippen MR) is 93.6 cm³/mol. The molecule has 0 N–H and O–H groups in total. The zero-order chi connectivity index (χ0) is 17.8. The van der Waals surface area contributed by atoms with Gasteiger partial charge in [-0.05, 0) is 70.1 Å². The van der Waals surface area contributed by atoms with Crippen LogP contribution in [0, 0.1) is 29.6 Å². The Hall–Kier alpha value is -0.650. The van der Waals surface area contributed by atoms with Gasteiger partial charge in [0.2, 0.25) is 11.6 Å². The van der Waals surface area contributed by atoms with Gasteiger partial charge in [0, 0.05) is 30.6 Å². The average Bonchev–Trinajstić information content (AvgIpc) is 3.00. The van der Waals surface area contributed by atoms with Crippen LogP contribution in [0.2, 0.25) is 0 Å². The first kappa shape index (κ1) is 17.4. The number of carbonyl (C=O) groups excluding carboxylic acids is 1. The van der Waals surface area contributed by atoms with Gasteiger partial charge in [0.05, 0.1) is 6.61 Å². The maximum Gasteiger partial charge on any atom is 0.305 e. The first-order valence-electron chi connectivity index (χ1n) is 10.9. The van der Waals surface area contributed by atoms with Crippen LogP contribution in [0.5, 0.6) is 0 Å². The summed E-state index contributed by atoms with van der Waals surface area (Å²) in [5.41, 5.74) is 0. The summed E-state index contributed by atoms with van der Waals surface area (Å²) < 4.78 is 12.0. The summed E-state index contributed by atoms with van der Waals surface area (Å²) in [6.07, 6.45) is 11.8. The number of carbonyl (C=O) groups is 1. The quantitative estimate of drug-likeness (QED) is 0.548. The maximum atomic E-state index is 11.8. The van der Waals surface area contributed by atoms with E-state index in [-0.39, 0.29) is 11.9 Å². The van der Waals surface area contributed by atoms with Crippen LogP contribution in [-0.4, -0.2) is 24.2 Å². The van der Waals surface area contributed by atoms with Gasteiger partial charge in [-0.3, -0.25) is 4.79 Å². The SMILES string of the molecule is CCOC(=O)CCC1CCCCC12OOC1(O2)C2CC3CC(C2)CC1C3. The van der Waals surface area contributed by atoms with E-state index in [0.717, 1.165) is 37.5 Å². The van der Waals surface area contributed by atoms with Gasteiger partial charge in [-0.15, -0.1) is 0 Å². The van der Waals surface area contributed by atoms with E-state index in [4.69, 9.17) is 19.2 Å². The van der Waals surface area contributed by atoms with E-state index in [1.165, 1.54) is 38.5 Å². The number of esters is 1.